The quantitative estimate of drug-likeness (QED) is 0.737. The first kappa shape index (κ1) is 17.9. The van der Waals surface area contributed by atoms with Gasteiger partial charge in [0.15, 0.2) is 5.82 Å². The van der Waals surface area contributed by atoms with Crippen LogP contribution >= 0.6 is 0 Å². The zero-order valence-electron chi connectivity index (χ0n) is 16.3. The van der Waals surface area contributed by atoms with Gasteiger partial charge in [-0.3, -0.25) is 0 Å². The molecule has 29 heavy (non-hydrogen) atoms. The summed E-state index contributed by atoms with van der Waals surface area (Å²) in [6.07, 6.45) is 2.76. The molecule has 0 bridgehead atoms. The van der Waals surface area contributed by atoms with Crippen LogP contribution in [-0.2, 0) is 17.7 Å². The van der Waals surface area contributed by atoms with E-state index in [1.807, 2.05) is 6.07 Å². The molecule has 0 aliphatic carbocycles. The number of hydrogen-bond acceptors (Lipinski definition) is 7. The lowest BCUT2D eigenvalue weighted by Gasteiger charge is -2.31. The molecule has 1 saturated heterocycles. The Morgan fingerprint density at radius 2 is 1.66 bits per heavy atom. The Morgan fingerprint density at radius 3 is 2.55 bits per heavy atom. The Bertz CT molecular complexity index is 988. The van der Waals surface area contributed by atoms with E-state index in [9.17, 15) is 0 Å². The van der Waals surface area contributed by atoms with Crippen LogP contribution in [0.1, 0.15) is 11.1 Å². The van der Waals surface area contributed by atoms with E-state index in [2.05, 4.69) is 67.8 Å². The number of aromatic nitrogens is 3. The molecule has 0 radical (unpaired) electrons. The summed E-state index contributed by atoms with van der Waals surface area (Å²) in [5.74, 6) is 1.36. The van der Waals surface area contributed by atoms with Gasteiger partial charge < -0.3 is 19.9 Å². The van der Waals surface area contributed by atoms with Gasteiger partial charge in [0.2, 0.25) is 5.95 Å². The van der Waals surface area contributed by atoms with Gasteiger partial charge in [0.05, 0.1) is 30.8 Å². The molecule has 148 valence electrons. The maximum atomic E-state index is 5.48. The Hall–Kier alpha value is -3.19. The summed E-state index contributed by atoms with van der Waals surface area (Å²) in [7, 11) is 0. The smallest absolute Gasteiger partial charge is 0.249 e. The van der Waals surface area contributed by atoms with Gasteiger partial charge in [-0.15, -0.1) is 5.10 Å². The molecule has 1 N–H and O–H groups in total. The molecule has 7 nitrogen and oxygen atoms in total. The third kappa shape index (κ3) is 3.86. The lowest BCUT2D eigenvalue weighted by molar-refractivity contribution is 0.123. The summed E-state index contributed by atoms with van der Waals surface area (Å²) < 4.78 is 5.48. The highest BCUT2D eigenvalue weighted by atomic mass is 16.5. The number of morpholine rings is 1. The summed E-state index contributed by atoms with van der Waals surface area (Å²) in [6, 6.07) is 16.8. The van der Waals surface area contributed by atoms with Crippen LogP contribution < -0.4 is 15.1 Å². The van der Waals surface area contributed by atoms with Gasteiger partial charge in [0.25, 0.3) is 0 Å². The van der Waals surface area contributed by atoms with Crippen LogP contribution in [0.25, 0.3) is 0 Å². The standard InChI is InChI=1S/C22H24N6O/c1-2-6-18-16-28(10-9-17(18)5-1)21-15-23-26-22(25-21)24-19-7-3-4-8-20(19)27-11-13-29-14-12-27/h1-8,15H,9-14,16H2,(H,24,25,26). The minimum atomic E-state index is 0.516. The maximum Gasteiger partial charge on any atom is 0.249 e. The third-order valence-corrected chi connectivity index (χ3v) is 5.50. The predicted octanol–water partition coefficient (Wildman–Crippen LogP) is 3.01. The molecule has 0 atom stereocenters. The van der Waals surface area contributed by atoms with Crippen LogP contribution in [0, 0.1) is 0 Å². The van der Waals surface area contributed by atoms with Crippen LogP contribution in [0.3, 0.4) is 0 Å². The fourth-order valence-corrected chi connectivity index (χ4v) is 3.97. The second-order valence-electron chi connectivity index (χ2n) is 7.32. The zero-order chi connectivity index (χ0) is 19.5. The average molecular weight is 388 g/mol. The summed E-state index contributed by atoms with van der Waals surface area (Å²) in [4.78, 5) is 9.33. The molecular weight excluding hydrogens is 364 g/mol. The molecule has 2 aliphatic rings. The van der Waals surface area contributed by atoms with Crippen LogP contribution in [0.15, 0.2) is 54.7 Å². The zero-order valence-corrected chi connectivity index (χ0v) is 16.3. The van der Waals surface area contributed by atoms with E-state index in [0.29, 0.717) is 5.95 Å². The average Bonchev–Trinajstić information content (AvgIpc) is 2.80. The molecule has 0 spiro atoms. The number of rotatable bonds is 4. The topological polar surface area (TPSA) is 66.4 Å². The van der Waals surface area contributed by atoms with E-state index >= 15 is 0 Å². The fraction of sp³-hybridized carbons (Fsp3) is 0.318. The predicted molar refractivity (Wildman–Crippen MR) is 114 cm³/mol. The van der Waals surface area contributed by atoms with E-state index in [4.69, 9.17) is 9.72 Å². The lowest BCUT2D eigenvalue weighted by Crippen LogP contribution is -2.36. The van der Waals surface area contributed by atoms with Crippen molar-refractivity contribution in [3.63, 3.8) is 0 Å². The monoisotopic (exact) mass is 388 g/mol. The second-order valence-corrected chi connectivity index (χ2v) is 7.32. The number of hydrogen-bond donors (Lipinski definition) is 1. The second kappa shape index (κ2) is 8.05. The maximum absolute atomic E-state index is 5.48. The summed E-state index contributed by atoms with van der Waals surface area (Å²) in [5, 5.41) is 11.8. The Morgan fingerprint density at radius 1 is 0.862 bits per heavy atom. The molecule has 0 amide bonds. The van der Waals surface area contributed by atoms with Crippen LogP contribution in [0.4, 0.5) is 23.1 Å². The number of nitrogens with zero attached hydrogens (tertiary/aromatic N) is 5. The molecule has 3 aromatic rings. The molecule has 1 aromatic heterocycles. The van der Waals surface area contributed by atoms with Gasteiger partial charge in [0, 0.05) is 26.2 Å². The number of anilines is 4. The van der Waals surface area contributed by atoms with Crippen molar-refractivity contribution in [3.8, 4) is 0 Å². The Labute approximate surface area is 170 Å². The van der Waals surface area contributed by atoms with Crippen molar-refractivity contribution in [2.24, 2.45) is 0 Å². The molecular formula is C22H24N6O. The molecule has 2 aliphatic heterocycles. The highest BCUT2D eigenvalue weighted by Gasteiger charge is 2.19. The molecule has 0 unspecified atom stereocenters. The van der Waals surface area contributed by atoms with Crippen LogP contribution in [0.2, 0.25) is 0 Å². The summed E-state index contributed by atoms with van der Waals surface area (Å²) in [6.45, 7) is 5.03. The van der Waals surface area contributed by atoms with Gasteiger partial charge in [-0.05, 0) is 29.7 Å². The molecule has 5 rings (SSSR count). The number of benzene rings is 2. The molecule has 3 heterocycles. The van der Waals surface area contributed by atoms with Gasteiger partial charge in [-0.25, -0.2) is 0 Å². The number of para-hydroxylation sites is 2. The molecule has 0 saturated carbocycles. The highest BCUT2D eigenvalue weighted by Crippen LogP contribution is 2.29. The molecule has 1 fully saturated rings. The van der Waals surface area contributed by atoms with Gasteiger partial charge in [-0.1, -0.05) is 36.4 Å². The van der Waals surface area contributed by atoms with Crippen molar-refractivity contribution in [2.75, 3.05) is 48.0 Å². The van der Waals surface area contributed by atoms with Gasteiger partial charge >= 0.3 is 0 Å². The Kier molecular flexibility index (Phi) is 4.96. The lowest BCUT2D eigenvalue weighted by atomic mass is 10.0. The van der Waals surface area contributed by atoms with Crippen molar-refractivity contribution in [3.05, 3.63) is 65.9 Å². The first-order chi connectivity index (χ1) is 14.4. The largest absolute Gasteiger partial charge is 0.378 e. The van der Waals surface area contributed by atoms with Gasteiger partial charge in [0.1, 0.15) is 0 Å². The first-order valence-corrected chi connectivity index (χ1v) is 10.1. The SMILES string of the molecule is c1ccc2c(c1)CCN(c1cnnc(Nc3ccccc3N3CCOCC3)n1)C2. The minimum Gasteiger partial charge on any atom is -0.378 e. The van der Waals surface area contributed by atoms with Crippen molar-refractivity contribution >= 4 is 23.1 Å². The molecule has 2 aromatic carbocycles. The fourth-order valence-electron chi connectivity index (χ4n) is 3.97. The number of ether oxygens (including phenoxy) is 1. The Balaban J connectivity index is 1.36. The van der Waals surface area contributed by atoms with Crippen molar-refractivity contribution in [1.29, 1.82) is 0 Å². The number of fused-ring (bicyclic) bond motifs is 1. The van der Waals surface area contributed by atoms with E-state index in [-0.39, 0.29) is 0 Å². The summed E-state index contributed by atoms with van der Waals surface area (Å²) >= 11 is 0. The highest BCUT2D eigenvalue weighted by molar-refractivity contribution is 5.73. The van der Waals surface area contributed by atoms with E-state index in [1.54, 1.807) is 6.20 Å². The molecule has 7 heteroatoms. The number of nitrogens with one attached hydrogen (secondary N) is 1. The van der Waals surface area contributed by atoms with Crippen molar-refractivity contribution < 1.29 is 4.74 Å². The first-order valence-electron chi connectivity index (χ1n) is 10.1. The summed E-state index contributed by atoms with van der Waals surface area (Å²) in [5.41, 5.74) is 4.89. The minimum absolute atomic E-state index is 0.516. The van der Waals surface area contributed by atoms with E-state index in [0.717, 1.165) is 63.0 Å². The van der Waals surface area contributed by atoms with Crippen LogP contribution in [0.5, 0.6) is 0 Å². The normalized spacial score (nSPS) is 16.4. The van der Waals surface area contributed by atoms with E-state index < -0.39 is 0 Å². The van der Waals surface area contributed by atoms with Crippen LogP contribution in [-0.4, -0.2) is 48.0 Å². The van der Waals surface area contributed by atoms with Crippen molar-refractivity contribution in [2.45, 2.75) is 13.0 Å². The van der Waals surface area contributed by atoms with E-state index in [1.165, 1.54) is 11.1 Å². The van der Waals surface area contributed by atoms with Crippen molar-refractivity contribution in [1.82, 2.24) is 15.2 Å². The third-order valence-electron chi connectivity index (χ3n) is 5.50. The van der Waals surface area contributed by atoms with Gasteiger partial charge in [-0.2, -0.15) is 10.1 Å².